The van der Waals surface area contributed by atoms with Crippen LogP contribution in [0.4, 0.5) is 5.69 Å². The molecule has 1 aliphatic heterocycles. The summed E-state index contributed by atoms with van der Waals surface area (Å²) in [6.07, 6.45) is 0. The van der Waals surface area contributed by atoms with E-state index in [0.717, 1.165) is 4.47 Å². The number of amides is 2. The van der Waals surface area contributed by atoms with E-state index < -0.39 is 6.04 Å². The van der Waals surface area contributed by atoms with Crippen molar-refractivity contribution in [1.29, 1.82) is 0 Å². The second kappa shape index (κ2) is 7.36. The van der Waals surface area contributed by atoms with Crippen molar-refractivity contribution in [3.05, 3.63) is 62.5 Å². The standard InChI is InChI=1S/C18H15BrCl2N2O2/c1-11-17(24)23(16-6-5-14(20)10-15(16)21)8-7-22(11)18(25)12-3-2-4-13(19)9-12/h2-6,9-11H,7-8H2,1H3. The van der Waals surface area contributed by atoms with Gasteiger partial charge in [-0.05, 0) is 43.3 Å². The van der Waals surface area contributed by atoms with Crippen LogP contribution in [-0.4, -0.2) is 35.8 Å². The molecule has 3 rings (SSSR count). The van der Waals surface area contributed by atoms with Crippen LogP contribution in [0.25, 0.3) is 0 Å². The first-order valence-corrected chi connectivity index (χ1v) is 9.26. The highest BCUT2D eigenvalue weighted by atomic mass is 79.9. The van der Waals surface area contributed by atoms with E-state index in [1.54, 1.807) is 53.1 Å². The normalized spacial score (nSPS) is 17.8. The molecule has 4 nitrogen and oxygen atoms in total. The molecule has 1 aliphatic rings. The van der Waals surface area contributed by atoms with Gasteiger partial charge in [0.2, 0.25) is 5.91 Å². The van der Waals surface area contributed by atoms with E-state index in [9.17, 15) is 9.59 Å². The molecule has 1 heterocycles. The van der Waals surface area contributed by atoms with E-state index in [1.807, 2.05) is 6.07 Å². The van der Waals surface area contributed by atoms with Crippen LogP contribution in [0.5, 0.6) is 0 Å². The van der Waals surface area contributed by atoms with E-state index >= 15 is 0 Å². The molecule has 2 aromatic carbocycles. The van der Waals surface area contributed by atoms with Crippen LogP contribution in [0.3, 0.4) is 0 Å². The fourth-order valence-electron chi connectivity index (χ4n) is 2.87. The Kier molecular flexibility index (Phi) is 5.37. The Labute approximate surface area is 164 Å². The van der Waals surface area contributed by atoms with E-state index in [4.69, 9.17) is 23.2 Å². The second-order valence-electron chi connectivity index (χ2n) is 5.77. The van der Waals surface area contributed by atoms with Crippen LogP contribution in [0.1, 0.15) is 17.3 Å². The first-order chi connectivity index (χ1) is 11.9. The van der Waals surface area contributed by atoms with Gasteiger partial charge in [-0.1, -0.05) is 45.2 Å². The number of carbonyl (C=O) groups is 2. The molecule has 0 radical (unpaired) electrons. The first kappa shape index (κ1) is 18.2. The zero-order chi connectivity index (χ0) is 18.1. The highest BCUT2D eigenvalue weighted by Crippen LogP contribution is 2.31. The van der Waals surface area contributed by atoms with Crippen LogP contribution >= 0.6 is 39.1 Å². The van der Waals surface area contributed by atoms with Crippen LogP contribution in [0.2, 0.25) is 10.0 Å². The van der Waals surface area contributed by atoms with Crippen LogP contribution in [0, 0.1) is 0 Å². The summed E-state index contributed by atoms with van der Waals surface area (Å²) in [6.45, 7) is 2.54. The van der Waals surface area contributed by atoms with Gasteiger partial charge in [0.15, 0.2) is 0 Å². The average Bonchev–Trinajstić information content (AvgIpc) is 2.57. The molecule has 25 heavy (non-hydrogen) atoms. The maximum Gasteiger partial charge on any atom is 0.254 e. The molecule has 0 N–H and O–H groups in total. The monoisotopic (exact) mass is 440 g/mol. The van der Waals surface area contributed by atoms with Crippen LogP contribution in [-0.2, 0) is 4.79 Å². The summed E-state index contributed by atoms with van der Waals surface area (Å²) in [5.74, 6) is -0.331. The highest BCUT2D eigenvalue weighted by Gasteiger charge is 2.36. The van der Waals surface area contributed by atoms with E-state index in [1.165, 1.54) is 0 Å². The predicted molar refractivity (Wildman–Crippen MR) is 103 cm³/mol. The third-order valence-corrected chi connectivity index (χ3v) is 5.22. The predicted octanol–water partition coefficient (Wildman–Crippen LogP) is 4.63. The quantitative estimate of drug-likeness (QED) is 0.681. The minimum absolute atomic E-state index is 0.163. The van der Waals surface area contributed by atoms with Gasteiger partial charge in [0.25, 0.3) is 5.91 Å². The molecule has 1 unspecified atom stereocenters. The largest absolute Gasteiger partial charge is 0.325 e. The molecule has 0 aliphatic carbocycles. The maximum absolute atomic E-state index is 12.8. The molecule has 0 bridgehead atoms. The number of anilines is 1. The topological polar surface area (TPSA) is 40.6 Å². The summed E-state index contributed by atoms with van der Waals surface area (Å²) in [4.78, 5) is 28.8. The smallest absolute Gasteiger partial charge is 0.254 e. The van der Waals surface area contributed by atoms with Crippen LogP contribution < -0.4 is 4.90 Å². The Hall–Kier alpha value is -1.56. The van der Waals surface area contributed by atoms with Crippen molar-refractivity contribution in [3.63, 3.8) is 0 Å². The molecule has 2 aromatic rings. The highest BCUT2D eigenvalue weighted by molar-refractivity contribution is 9.10. The van der Waals surface area contributed by atoms with Gasteiger partial charge in [-0.15, -0.1) is 0 Å². The lowest BCUT2D eigenvalue weighted by molar-refractivity contribution is -0.124. The lowest BCUT2D eigenvalue weighted by atomic mass is 10.1. The zero-order valence-corrected chi connectivity index (χ0v) is 16.5. The van der Waals surface area contributed by atoms with Crippen LogP contribution in [0.15, 0.2) is 46.9 Å². The van der Waals surface area contributed by atoms with Crippen molar-refractivity contribution in [1.82, 2.24) is 4.90 Å². The maximum atomic E-state index is 12.8. The van der Waals surface area contributed by atoms with Gasteiger partial charge in [0, 0.05) is 28.1 Å². The first-order valence-electron chi connectivity index (χ1n) is 7.71. The molecule has 7 heteroatoms. The van der Waals surface area contributed by atoms with Crippen molar-refractivity contribution in [2.75, 3.05) is 18.0 Å². The number of hydrogen-bond acceptors (Lipinski definition) is 2. The Morgan fingerprint density at radius 1 is 1.16 bits per heavy atom. The zero-order valence-electron chi connectivity index (χ0n) is 13.4. The van der Waals surface area contributed by atoms with Crippen molar-refractivity contribution < 1.29 is 9.59 Å². The number of hydrogen-bond donors (Lipinski definition) is 0. The lowest BCUT2D eigenvalue weighted by Crippen LogP contribution is -2.57. The molecule has 0 spiro atoms. The third kappa shape index (κ3) is 3.68. The van der Waals surface area contributed by atoms with Gasteiger partial charge < -0.3 is 9.80 Å². The number of benzene rings is 2. The van der Waals surface area contributed by atoms with Crippen molar-refractivity contribution in [3.8, 4) is 0 Å². The molecule has 1 fully saturated rings. The summed E-state index contributed by atoms with van der Waals surface area (Å²) in [5.41, 5.74) is 1.16. The van der Waals surface area contributed by atoms with E-state index in [2.05, 4.69) is 15.9 Å². The lowest BCUT2D eigenvalue weighted by Gasteiger charge is -2.39. The molecular formula is C18H15BrCl2N2O2. The Balaban J connectivity index is 1.83. The second-order valence-corrected chi connectivity index (χ2v) is 7.53. The molecule has 130 valence electrons. The number of halogens is 3. The average molecular weight is 442 g/mol. The number of nitrogens with zero attached hydrogens (tertiary/aromatic N) is 2. The van der Waals surface area contributed by atoms with Gasteiger partial charge in [-0.3, -0.25) is 9.59 Å². The minimum atomic E-state index is -0.577. The minimum Gasteiger partial charge on any atom is -0.325 e. The fourth-order valence-corrected chi connectivity index (χ4v) is 3.78. The number of carbonyl (C=O) groups excluding carboxylic acids is 2. The van der Waals surface area contributed by atoms with Gasteiger partial charge in [-0.2, -0.15) is 0 Å². The molecule has 1 saturated heterocycles. The van der Waals surface area contributed by atoms with Gasteiger partial charge in [0.1, 0.15) is 6.04 Å². The third-order valence-electron chi connectivity index (χ3n) is 4.19. The summed E-state index contributed by atoms with van der Waals surface area (Å²) in [7, 11) is 0. The van der Waals surface area contributed by atoms with Crippen molar-refractivity contribution in [2.45, 2.75) is 13.0 Å². The molecule has 0 aromatic heterocycles. The summed E-state index contributed by atoms with van der Waals surface area (Å²) >= 11 is 15.5. The number of piperazine rings is 1. The molecule has 1 atom stereocenters. The molecule has 2 amide bonds. The van der Waals surface area contributed by atoms with Gasteiger partial charge >= 0.3 is 0 Å². The van der Waals surface area contributed by atoms with Crippen molar-refractivity contribution in [2.24, 2.45) is 0 Å². The Morgan fingerprint density at radius 2 is 1.92 bits per heavy atom. The SMILES string of the molecule is CC1C(=O)N(c2ccc(Cl)cc2Cl)CCN1C(=O)c1cccc(Br)c1. The summed E-state index contributed by atoms with van der Waals surface area (Å²) in [5, 5.41) is 0.928. The fraction of sp³-hybridized carbons (Fsp3) is 0.222. The Bertz CT molecular complexity index is 844. The molecular weight excluding hydrogens is 427 g/mol. The summed E-state index contributed by atoms with van der Waals surface area (Å²) < 4.78 is 0.823. The van der Waals surface area contributed by atoms with E-state index in [-0.39, 0.29) is 11.8 Å². The van der Waals surface area contributed by atoms with Gasteiger partial charge in [-0.25, -0.2) is 0 Å². The van der Waals surface area contributed by atoms with Crippen molar-refractivity contribution >= 4 is 56.6 Å². The van der Waals surface area contributed by atoms with Gasteiger partial charge in [0.05, 0.1) is 10.7 Å². The molecule has 0 saturated carbocycles. The summed E-state index contributed by atoms with van der Waals surface area (Å²) in [6, 6.07) is 11.6. The number of rotatable bonds is 2. The Morgan fingerprint density at radius 3 is 2.60 bits per heavy atom. The van der Waals surface area contributed by atoms with E-state index in [0.29, 0.717) is 34.4 Å².